The van der Waals surface area contributed by atoms with Crippen LogP contribution in [0.1, 0.15) is 44.0 Å². The summed E-state index contributed by atoms with van der Waals surface area (Å²) in [6.45, 7) is 6.16. The molecule has 0 aliphatic rings. The van der Waals surface area contributed by atoms with Crippen LogP contribution in [0, 0.1) is 5.82 Å². The molecule has 0 fully saturated rings. The molecule has 0 aromatic heterocycles. The van der Waals surface area contributed by atoms with E-state index in [1.54, 1.807) is 12.1 Å². The van der Waals surface area contributed by atoms with Crippen LogP contribution in [-0.4, -0.2) is 29.8 Å². The van der Waals surface area contributed by atoms with Gasteiger partial charge in [-0.15, -0.1) is 0 Å². The number of hydrogen-bond donors (Lipinski definition) is 0. The highest BCUT2D eigenvalue weighted by atomic mass is 19.1. The highest BCUT2D eigenvalue weighted by Gasteiger charge is 2.23. The van der Waals surface area contributed by atoms with Crippen molar-refractivity contribution in [3.05, 3.63) is 35.6 Å². The molecule has 3 heteroatoms. The molecule has 2 nitrogen and oxygen atoms in total. The summed E-state index contributed by atoms with van der Waals surface area (Å²) < 4.78 is 12.8. The molecule has 1 rings (SSSR count). The maximum Gasteiger partial charge on any atom is 0.179 e. The number of nitrogens with zero attached hydrogens (tertiary/aromatic N) is 1. The lowest BCUT2D eigenvalue weighted by atomic mass is 10.0. The standard InChI is InChI=1S/C15H22FNO/c1-5-14(6-2)17(4)11(3)15(18)12-7-9-13(16)10-8-12/h7-11,14H,5-6H2,1-4H3. The predicted octanol–water partition coefficient (Wildman–Crippen LogP) is 3.52. The minimum absolute atomic E-state index is 0.0457. The van der Waals surface area contributed by atoms with Crippen LogP contribution >= 0.6 is 0 Å². The van der Waals surface area contributed by atoms with Gasteiger partial charge in [0.05, 0.1) is 6.04 Å². The summed E-state index contributed by atoms with van der Waals surface area (Å²) in [7, 11) is 1.98. The number of likely N-dealkylation sites (N-methyl/N-ethyl adjacent to an activating group) is 1. The Balaban J connectivity index is 2.80. The molecule has 1 aromatic rings. The van der Waals surface area contributed by atoms with E-state index >= 15 is 0 Å². The molecule has 0 heterocycles. The third kappa shape index (κ3) is 3.39. The largest absolute Gasteiger partial charge is 0.294 e. The van der Waals surface area contributed by atoms with Crippen molar-refractivity contribution in [2.75, 3.05) is 7.05 Å². The fourth-order valence-electron chi connectivity index (χ4n) is 2.22. The molecule has 0 N–H and O–H groups in total. The molecule has 1 atom stereocenters. The molecule has 18 heavy (non-hydrogen) atoms. The van der Waals surface area contributed by atoms with Crippen LogP contribution in [0.3, 0.4) is 0 Å². The van der Waals surface area contributed by atoms with Gasteiger partial charge in [-0.25, -0.2) is 4.39 Å². The SMILES string of the molecule is CCC(CC)N(C)C(C)C(=O)c1ccc(F)cc1. The van der Waals surface area contributed by atoms with E-state index in [0.717, 1.165) is 12.8 Å². The zero-order valence-electron chi connectivity index (χ0n) is 11.6. The summed E-state index contributed by atoms with van der Waals surface area (Å²) in [6, 6.07) is 5.99. The van der Waals surface area contributed by atoms with Crippen molar-refractivity contribution in [3.63, 3.8) is 0 Å². The molecule has 1 aromatic carbocycles. The number of carbonyl (C=O) groups excluding carboxylic acids is 1. The van der Waals surface area contributed by atoms with Crippen molar-refractivity contribution in [1.29, 1.82) is 0 Å². The molecule has 0 radical (unpaired) electrons. The summed E-state index contributed by atoms with van der Waals surface area (Å²) in [6.07, 6.45) is 2.04. The molecule has 1 unspecified atom stereocenters. The van der Waals surface area contributed by atoms with Crippen LogP contribution in [-0.2, 0) is 0 Å². The van der Waals surface area contributed by atoms with Crippen LogP contribution in [0.2, 0.25) is 0 Å². The minimum Gasteiger partial charge on any atom is -0.294 e. The van der Waals surface area contributed by atoms with Gasteiger partial charge in [-0.1, -0.05) is 13.8 Å². The lowest BCUT2D eigenvalue weighted by Gasteiger charge is -2.31. The molecule has 0 spiro atoms. The van der Waals surface area contributed by atoms with Gasteiger partial charge >= 0.3 is 0 Å². The average Bonchev–Trinajstić information content (AvgIpc) is 2.39. The van der Waals surface area contributed by atoms with E-state index in [0.29, 0.717) is 11.6 Å². The Labute approximate surface area is 109 Å². The number of ketones is 1. The molecular weight excluding hydrogens is 229 g/mol. The lowest BCUT2D eigenvalue weighted by molar-refractivity contribution is 0.0808. The van der Waals surface area contributed by atoms with Gasteiger partial charge in [-0.3, -0.25) is 9.69 Å². The van der Waals surface area contributed by atoms with Crippen molar-refractivity contribution < 1.29 is 9.18 Å². The van der Waals surface area contributed by atoms with Gasteiger partial charge in [-0.05, 0) is 51.1 Å². The Morgan fingerprint density at radius 2 is 1.72 bits per heavy atom. The monoisotopic (exact) mass is 251 g/mol. The molecule has 0 bridgehead atoms. The molecule has 0 amide bonds. The van der Waals surface area contributed by atoms with Crippen molar-refractivity contribution in [3.8, 4) is 0 Å². The van der Waals surface area contributed by atoms with Crippen LogP contribution < -0.4 is 0 Å². The first-order chi connectivity index (χ1) is 8.51. The Hall–Kier alpha value is -1.22. The first kappa shape index (κ1) is 14.8. The summed E-state index contributed by atoms with van der Waals surface area (Å²) in [5, 5.41) is 0. The fourth-order valence-corrected chi connectivity index (χ4v) is 2.22. The summed E-state index contributed by atoms with van der Waals surface area (Å²) >= 11 is 0. The fraction of sp³-hybridized carbons (Fsp3) is 0.533. The highest BCUT2D eigenvalue weighted by molar-refractivity contribution is 5.99. The van der Waals surface area contributed by atoms with Gasteiger partial charge < -0.3 is 0 Å². The van der Waals surface area contributed by atoms with Gasteiger partial charge in [0.15, 0.2) is 5.78 Å². The minimum atomic E-state index is -0.312. The first-order valence-corrected chi connectivity index (χ1v) is 6.52. The van der Waals surface area contributed by atoms with E-state index in [1.807, 2.05) is 14.0 Å². The van der Waals surface area contributed by atoms with Crippen LogP contribution in [0.4, 0.5) is 4.39 Å². The number of halogens is 1. The van der Waals surface area contributed by atoms with Crippen LogP contribution in [0.25, 0.3) is 0 Å². The zero-order valence-corrected chi connectivity index (χ0v) is 11.6. The number of benzene rings is 1. The summed E-state index contributed by atoms with van der Waals surface area (Å²) in [4.78, 5) is 14.4. The van der Waals surface area contributed by atoms with E-state index in [2.05, 4.69) is 18.7 Å². The number of rotatable bonds is 6. The van der Waals surface area contributed by atoms with Crippen molar-refractivity contribution in [2.24, 2.45) is 0 Å². The van der Waals surface area contributed by atoms with E-state index in [-0.39, 0.29) is 17.6 Å². The van der Waals surface area contributed by atoms with Gasteiger partial charge in [0.1, 0.15) is 5.82 Å². The van der Waals surface area contributed by atoms with Crippen molar-refractivity contribution in [2.45, 2.75) is 45.7 Å². The van der Waals surface area contributed by atoms with Crippen LogP contribution in [0.5, 0.6) is 0 Å². The Kier molecular flexibility index (Phi) is 5.48. The van der Waals surface area contributed by atoms with E-state index < -0.39 is 0 Å². The van der Waals surface area contributed by atoms with Crippen molar-refractivity contribution >= 4 is 5.78 Å². The van der Waals surface area contributed by atoms with E-state index in [4.69, 9.17) is 0 Å². The quantitative estimate of drug-likeness (QED) is 0.721. The summed E-state index contributed by atoms with van der Waals surface area (Å²) in [5.74, 6) is -0.267. The molecular formula is C15H22FNO. The Morgan fingerprint density at radius 3 is 2.17 bits per heavy atom. The third-order valence-corrected chi connectivity index (χ3v) is 3.64. The second-order valence-electron chi connectivity index (χ2n) is 4.68. The van der Waals surface area contributed by atoms with Gasteiger partial charge in [-0.2, -0.15) is 0 Å². The van der Waals surface area contributed by atoms with Crippen LogP contribution in [0.15, 0.2) is 24.3 Å². The molecule has 0 saturated carbocycles. The topological polar surface area (TPSA) is 20.3 Å². The molecule has 0 saturated heterocycles. The smallest absolute Gasteiger partial charge is 0.179 e. The maximum atomic E-state index is 12.8. The second kappa shape index (κ2) is 6.64. The van der Waals surface area contributed by atoms with Gasteiger partial charge in [0.2, 0.25) is 0 Å². The molecule has 0 aliphatic heterocycles. The first-order valence-electron chi connectivity index (χ1n) is 6.52. The van der Waals surface area contributed by atoms with Gasteiger partial charge in [0.25, 0.3) is 0 Å². The summed E-state index contributed by atoms with van der Waals surface area (Å²) in [5.41, 5.74) is 0.571. The lowest BCUT2D eigenvalue weighted by Crippen LogP contribution is -2.42. The molecule has 0 aliphatic carbocycles. The van der Waals surface area contributed by atoms with Gasteiger partial charge in [0, 0.05) is 11.6 Å². The number of hydrogen-bond acceptors (Lipinski definition) is 2. The van der Waals surface area contributed by atoms with E-state index in [9.17, 15) is 9.18 Å². The van der Waals surface area contributed by atoms with E-state index in [1.165, 1.54) is 12.1 Å². The highest BCUT2D eigenvalue weighted by Crippen LogP contribution is 2.14. The third-order valence-electron chi connectivity index (χ3n) is 3.64. The predicted molar refractivity (Wildman–Crippen MR) is 72.3 cm³/mol. The zero-order chi connectivity index (χ0) is 13.7. The second-order valence-corrected chi connectivity index (χ2v) is 4.68. The maximum absolute atomic E-state index is 12.8. The Morgan fingerprint density at radius 1 is 1.22 bits per heavy atom. The number of carbonyl (C=O) groups is 1. The Bertz CT molecular complexity index is 384. The molecule has 100 valence electrons. The number of Topliss-reactive ketones (excluding diaryl/α,β-unsaturated/α-hetero) is 1. The average molecular weight is 251 g/mol. The van der Waals surface area contributed by atoms with Crippen molar-refractivity contribution in [1.82, 2.24) is 4.90 Å². The normalized spacial score (nSPS) is 13.1.